The number of hydrogen-bond acceptors (Lipinski definition) is 3. The number of benzene rings is 2. The monoisotopic (exact) mass is 333 g/mol. The summed E-state index contributed by atoms with van der Waals surface area (Å²) < 4.78 is 0. The molecule has 1 aromatic heterocycles. The molecule has 0 bridgehead atoms. The van der Waals surface area contributed by atoms with Gasteiger partial charge in [-0.1, -0.05) is 43.8 Å². The van der Waals surface area contributed by atoms with Gasteiger partial charge in [0.15, 0.2) is 0 Å². The largest absolute Gasteiger partial charge is 0.325 e. The van der Waals surface area contributed by atoms with E-state index in [9.17, 15) is 4.79 Å². The second-order valence-corrected chi connectivity index (χ2v) is 6.15. The van der Waals surface area contributed by atoms with Crippen LogP contribution in [-0.2, 0) is 4.79 Å². The van der Waals surface area contributed by atoms with Gasteiger partial charge in [-0.05, 0) is 29.8 Å². The molecule has 1 aliphatic rings. The molecule has 0 saturated carbocycles. The first-order valence-electron chi connectivity index (χ1n) is 8.23. The van der Waals surface area contributed by atoms with Crippen molar-refractivity contribution in [2.24, 2.45) is 5.92 Å². The molecule has 2 unspecified atom stereocenters. The normalized spacial score (nSPS) is 19.4. The van der Waals surface area contributed by atoms with Crippen molar-refractivity contribution in [3.8, 4) is 0 Å². The average molecular weight is 333 g/mol. The first-order chi connectivity index (χ1) is 11.8. The van der Waals surface area contributed by atoms with E-state index in [2.05, 4.69) is 27.8 Å². The van der Waals surface area contributed by atoms with Crippen molar-refractivity contribution in [2.75, 3.05) is 18.4 Å². The quantitative estimate of drug-likeness (QED) is 0.766. The third-order valence-electron chi connectivity index (χ3n) is 4.68. The molecule has 4 heteroatoms. The second kappa shape index (κ2) is 7.45. The number of nitrogens with zero attached hydrogens (tertiary/aromatic N) is 1. The maximum absolute atomic E-state index is 12.9. The number of aromatic nitrogens is 1. The van der Waals surface area contributed by atoms with Gasteiger partial charge in [0.25, 0.3) is 0 Å². The zero-order chi connectivity index (χ0) is 16.4. The molecule has 2 aromatic carbocycles. The fourth-order valence-corrected chi connectivity index (χ4v) is 3.44. The zero-order valence-corrected chi connectivity index (χ0v) is 13.3. The molecule has 4 nitrogen and oxygen atoms in total. The number of nitrogens with one attached hydrogen (secondary N) is 2. The first kappa shape index (κ1) is 17.1. The molecule has 1 saturated heterocycles. The van der Waals surface area contributed by atoms with Gasteiger partial charge in [0, 0.05) is 30.6 Å². The summed E-state index contributed by atoms with van der Waals surface area (Å²) in [7, 11) is 0. The third kappa shape index (κ3) is 3.39. The maximum atomic E-state index is 12.9. The molecule has 1 aliphatic heterocycles. The van der Waals surface area contributed by atoms with Crippen molar-refractivity contribution in [3.63, 3.8) is 0 Å². The minimum atomic E-state index is -0.0701. The molecule has 0 radical (unpaired) electrons. The van der Waals surface area contributed by atoms with E-state index in [1.54, 1.807) is 6.20 Å². The van der Waals surface area contributed by atoms with Gasteiger partial charge < -0.3 is 10.6 Å². The molecular weight excluding hydrogens is 310 g/mol. The molecule has 0 aliphatic carbocycles. The molecule has 25 heavy (non-hydrogen) atoms. The van der Waals surface area contributed by atoms with Crippen molar-refractivity contribution in [3.05, 3.63) is 72.4 Å². The molecule has 2 atom stereocenters. The van der Waals surface area contributed by atoms with Crippen LogP contribution in [0.3, 0.4) is 0 Å². The van der Waals surface area contributed by atoms with Gasteiger partial charge in [-0.15, -0.1) is 0 Å². The van der Waals surface area contributed by atoms with E-state index in [-0.39, 0.29) is 25.2 Å². The first-order valence-corrected chi connectivity index (χ1v) is 8.23. The Morgan fingerprint density at radius 3 is 2.68 bits per heavy atom. The minimum Gasteiger partial charge on any atom is -0.325 e. The highest BCUT2D eigenvalue weighted by atomic mass is 16.1. The Kier molecular flexibility index (Phi) is 5.10. The molecule has 1 amide bonds. The zero-order valence-electron chi connectivity index (χ0n) is 13.3. The van der Waals surface area contributed by atoms with Crippen LogP contribution in [0.25, 0.3) is 10.9 Å². The summed E-state index contributed by atoms with van der Waals surface area (Å²) in [6, 6.07) is 19.9. The Morgan fingerprint density at radius 2 is 1.84 bits per heavy atom. The van der Waals surface area contributed by atoms with Crippen LogP contribution in [0.15, 0.2) is 66.9 Å². The van der Waals surface area contributed by atoms with Crippen LogP contribution < -0.4 is 10.6 Å². The van der Waals surface area contributed by atoms with Crippen molar-refractivity contribution >= 4 is 22.5 Å². The number of rotatable bonds is 3. The predicted molar refractivity (Wildman–Crippen MR) is 103 cm³/mol. The lowest BCUT2D eigenvalue weighted by Gasteiger charge is -2.19. The minimum absolute atomic E-state index is 0. The summed E-state index contributed by atoms with van der Waals surface area (Å²) in [6.45, 7) is 1.54. The second-order valence-electron chi connectivity index (χ2n) is 6.15. The Balaban J connectivity index is 0.00000182. The highest BCUT2D eigenvalue weighted by molar-refractivity contribution is 6.02. The van der Waals surface area contributed by atoms with Crippen molar-refractivity contribution in [2.45, 2.75) is 13.3 Å². The molecule has 4 rings (SSSR count). The summed E-state index contributed by atoms with van der Waals surface area (Å²) in [5.41, 5.74) is 2.92. The summed E-state index contributed by atoms with van der Waals surface area (Å²) in [6.07, 6.45) is 1.76. The van der Waals surface area contributed by atoms with Crippen molar-refractivity contribution in [1.29, 1.82) is 0 Å². The summed E-state index contributed by atoms with van der Waals surface area (Å²) >= 11 is 0. The van der Waals surface area contributed by atoms with Gasteiger partial charge in [0.2, 0.25) is 5.91 Å². The van der Waals surface area contributed by atoms with Gasteiger partial charge in [0.1, 0.15) is 0 Å². The van der Waals surface area contributed by atoms with E-state index in [4.69, 9.17) is 0 Å². The molecule has 1 fully saturated rings. The van der Waals surface area contributed by atoms with Crippen LogP contribution in [0.5, 0.6) is 0 Å². The predicted octanol–water partition coefficient (Wildman–Crippen LogP) is 3.81. The van der Waals surface area contributed by atoms with E-state index in [0.717, 1.165) is 23.1 Å². The number of anilines is 1. The summed E-state index contributed by atoms with van der Waals surface area (Å²) in [5.74, 6) is 0.198. The van der Waals surface area contributed by atoms with E-state index in [1.807, 2.05) is 48.5 Å². The van der Waals surface area contributed by atoms with Crippen molar-refractivity contribution in [1.82, 2.24) is 10.3 Å². The molecular formula is C21H23N3O. The van der Waals surface area contributed by atoms with E-state index in [0.29, 0.717) is 6.54 Å². The number of pyridine rings is 1. The smallest absolute Gasteiger partial charge is 0.229 e. The Labute approximate surface area is 148 Å². The lowest BCUT2D eigenvalue weighted by molar-refractivity contribution is -0.119. The molecule has 0 spiro atoms. The van der Waals surface area contributed by atoms with Crippen LogP contribution >= 0.6 is 0 Å². The maximum Gasteiger partial charge on any atom is 0.229 e. The number of fused-ring (bicyclic) bond motifs is 1. The molecule has 2 heterocycles. The highest BCUT2D eigenvalue weighted by Gasteiger charge is 2.34. The lowest BCUT2D eigenvalue weighted by atomic mass is 9.88. The van der Waals surface area contributed by atoms with E-state index >= 15 is 0 Å². The van der Waals surface area contributed by atoms with Crippen LogP contribution in [0.2, 0.25) is 0 Å². The lowest BCUT2D eigenvalue weighted by Crippen LogP contribution is -2.28. The highest BCUT2D eigenvalue weighted by Crippen LogP contribution is 2.30. The summed E-state index contributed by atoms with van der Waals surface area (Å²) in [5, 5.41) is 7.43. The van der Waals surface area contributed by atoms with Crippen molar-refractivity contribution < 1.29 is 4.79 Å². The standard InChI is InChI=1S/C20H19N3O.CH4/c24-20(17-13-21-12-16(17)14-6-2-1-3-7-14)23-19-10-4-9-18-15(19)8-5-11-22-18;/h1-11,16-17,21H,12-13H2,(H,23,24);1H4. The SMILES string of the molecule is C.O=C(Nc1cccc2ncccc12)C1CNCC1c1ccccc1. The van der Waals surface area contributed by atoms with Crippen LogP contribution in [0.4, 0.5) is 5.69 Å². The van der Waals surface area contributed by atoms with Gasteiger partial charge in [-0.25, -0.2) is 0 Å². The number of carbonyl (C=O) groups excluding carboxylic acids is 1. The van der Waals surface area contributed by atoms with Gasteiger partial charge in [0.05, 0.1) is 17.1 Å². The Hall–Kier alpha value is -2.72. The van der Waals surface area contributed by atoms with Gasteiger partial charge in [-0.2, -0.15) is 0 Å². The van der Waals surface area contributed by atoms with Crippen LogP contribution in [0.1, 0.15) is 18.9 Å². The fourth-order valence-electron chi connectivity index (χ4n) is 3.44. The topological polar surface area (TPSA) is 54.0 Å². The molecule has 3 aromatic rings. The number of amides is 1. The van der Waals surface area contributed by atoms with Gasteiger partial charge >= 0.3 is 0 Å². The van der Waals surface area contributed by atoms with Crippen LogP contribution in [-0.4, -0.2) is 24.0 Å². The Bertz CT molecular complexity index is 858. The fraction of sp³-hybridized carbons (Fsp3) is 0.238. The average Bonchev–Trinajstić information content (AvgIpc) is 3.13. The van der Waals surface area contributed by atoms with E-state index < -0.39 is 0 Å². The molecule has 128 valence electrons. The third-order valence-corrected chi connectivity index (χ3v) is 4.68. The summed E-state index contributed by atoms with van der Waals surface area (Å²) in [4.78, 5) is 17.2. The van der Waals surface area contributed by atoms with Gasteiger partial charge in [-0.3, -0.25) is 9.78 Å². The van der Waals surface area contributed by atoms with Crippen LogP contribution in [0, 0.1) is 5.92 Å². The molecule has 2 N–H and O–H groups in total. The number of hydrogen-bond donors (Lipinski definition) is 2. The number of carbonyl (C=O) groups is 1. The Morgan fingerprint density at radius 1 is 1.00 bits per heavy atom. The van der Waals surface area contributed by atoms with E-state index in [1.165, 1.54) is 5.56 Å².